The molecule has 72 valence electrons. The number of nitrogens with two attached hydrogens (primary N) is 2. The van der Waals surface area contributed by atoms with Crippen LogP contribution in [0.3, 0.4) is 0 Å². The highest BCUT2D eigenvalue weighted by atomic mass is 16.5. The molecule has 1 heterocycles. The zero-order valence-electron chi connectivity index (χ0n) is 8.16. The van der Waals surface area contributed by atoms with Crippen LogP contribution in [-0.2, 0) is 0 Å². The van der Waals surface area contributed by atoms with Gasteiger partial charge >= 0.3 is 0 Å². The molecule has 4 nitrogen and oxygen atoms in total. The molecule has 0 saturated heterocycles. The lowest BCUT2D eigenvalue weighted by Gasteiger charge is -2.21. The van der Waals surface area contributed by atoms with Crippen molar-refractivity contribution in [3.8, 4) is 5.88 Å². The number of ether oxygens (including phenoxy) is 1. The van der Waals surface area contributed by atoms with Crippen molar-refractivity contribution in [2.24, 2.45) is 0 Å². The van der Waals surface area contributed by atoms with E-state index in [1.54, 1.807) is 12.3 Å². The Kier molecular flexibility index (Phi) is 2.32. The van der Waals surface area contributed by atoms with Gasteiger partial charge in [0.25, 0.3) is 0 Å². The first-order valence-corrected chi connectivity index (χ1v) is 4.09. The molecule has 0 aliphatic carbocycles. The summed E-state index contributed by atoms with van der Waals surface area (Å²) in [6.07, 6.45) is 1.58. The number of hydrogen-bond acceptors (Lipinski definition) is 4. The molecule has 0 aliphatic rings. The van der Waals surface area contributed by atoms with E-state index in [1.807, 2.05) is 20.8 Å². The monoisotopic (exact) mass is 181 g/mol. The van der Waals surface area contributed by atoms with E-state index in [9.17, 15) is 0 Å². The van der Waals surface area contributed by atoms with Crippen LogP contribution in [0.15, 0.2) is 12.3 Å². The Hall–Kier alpha value is -1.45. The zero-order valence-corrected chi connectivity index (χ0v) is 8.16. The molecule has 0 fully saturated rings. The fourth-order valence-corrected chi connectivity index (χ4v) is 0.839. The first-order valence-electron chi connectivity index (χ1n) is 4.09. The van der Waals surface area contributed by atoms with E-state index in [1.165, 1.54) is 0 Å². The van der Waals surface area contributed by atoms with Crippen molar-refractivity contribution in [3.05, 3.63) is 12.3 Å². The summed E-state index contributed by atoms with van der Waals surface area (Å²) in [6, 6.07) is 1.64. The van der Waals surface area contributed by atoms with Crippen molar-refractivity contribution in [1.29, 1.82) is 0 Å². The van der Waals surface area contributed by atoms with Gasteiger partial charge in [0.1, 0.15) is 11.3 Å². The van der Waals surface area contributed by atoms with Gasteiger partial charge in [-0.1, -0.05) is 0 Å². The minimum absolute atomic E-state index is 0.311. The largest absolute Gasteiger partial charge is 0.470 e. The summed E-state index contributed by atoms with van der Waals surface area (Å²) in [5.41, 5.74) is 11.9. The van der Waals surface area contributed by atoms with Gasteiger partial charge in [-0.05, 0) is 26.8 Å². The number of nitrogens with zero attached hydrogens (tertiary/aromatic N) is 1. The number of hydrogen-bond donors (Lipinski definition) is 2. The van der Waals surface area contributed by atoms with Crippen LogP contribution in [0.2, 0.25) is 0 Å². The Morgan fingerprint density at radius 3 is 2.46 bits per heavy atom. The maximum absolute atomic E-state index is 5.68. The lowest BCUT2D eigenvalue weighted by Crippen LogP contribution is -2.24. The highest BCUT2D eigenvalue weighted by molar-refractivity contribution is 5.67. The average Bonchev–Trinajstić information content (AvgIpc) is 1.96. The number of pyridine rings is 1. The second-order valence-corrected chi connectivity index (χ2v) is 3.83. The maximum Gasteiger partial charge on any atom is 0.239 e. The molecule has 1 rings (SSSR count). The second kappa shape index (κ2) is 3.12. The fraction of sp³-hybridized carbons (Fsp3) is 0.444. The summed E-state index contributed by atoms with van der Waals surface area (Å²) >= 11 is 0. The molecular weight excluding hydrogens is 166 g/mol. The molecule has 0 bridgehead atoms. The lowest BCUT2D eigenvalue weighted by molar-refractivity contribution is 0.125. The van der Waals surface area contributed by atoms with E-state index < -0.39 is 0 Å². The fourth-order valence-electron chi connectivity index (χ4n) is 0.839. The molecule has 1 aromatic heterocycles. The van der Waals surface area contributed by atoms with Gasteiger partial charge in [0.15, 0.2) is 0 Å². The third-order valence-electron chi connectivity index (χ3n) is 1.39. The summed E-state index contributed by atoms with van der Waals surface area (Å²) in [6.45, 7) is 5.78. The van der Waals surface area contributed by atoms with Crippen LogP contribution in [0, 0.1) is 0 Å². The normalized spacial score (nSPS) is 11.3. The maximum atomic E-state index is 5.68. The van der Waals surface area contributed by atoms with Crippen LogP contribution >= 0.6 is 0 Å². The van der Waals surface area contributed by atoms with Gasteiger partial charge in [0.2, 0.25) is 5.88 Å². The Morgan fingerprint density at radius 2 is 1.92 bits per heavy atom. The van der Waals surface area contributed by atoms with E-state index >= 15 is 0 Å². The smallest absolute Gasteiger partial charge is 0.239 e. The quantitative estimate of drug-likeness (QED) is 0.687. The predicted molar refractivity (Wildman–Crippen MR) is 53.4 cm³/mol. The standard InChI is InChI=1S/C9H15N3O/c1-9(2,3)13-8-7(11)6(10)4-5-12-8/h4-5H,11H2,1-3H3,(H2,10,12). The summed E-state index contributed by atoms with van der Waals surface area (Å²) in [4.78, 5) is 4.00. The van der Waals surface area contributed by atoms with E-state index in [-0.39, 0.29) is 5.60 Å². The van der Waals surface area contributed by atoms with Crippen LogP contribution in [0.1, 0.15) is 20.8 Å². The third kappa shape index (κ3) is 2.50. The summed E-state index contributed by atoms with van der Waals surface area (Å²) < 4.78 is 5.50. The van der Waals surface area contributed by atoms with Gasteiger partial charge in [0, 0.05) is 6.20 Å². The van der Waals surface area contributed by atoms with Crippen LogP contribution < -0.4 is 16.2 Å². The van der Waals surface area contributed by atoms with Gasteiger partial charge < -0.3 is 16.2 Å². The highest BCUT2D eigenvalue weighted by Crippen LogP contribution is 2.26. The van der Waals surface area contributed by atoms with Crippen molar-refractivity contribution in [1.82, 2.24) is 4.98 Å². The molecule has 0 amide bonds. The molecule has 1 aromatic rings. The van der Waals surface area contributed by atoms with E-state index in [0.717, 1.165) is 0 Å². The van der Waals surface area contributed by atoms with Gasteiger partial charge in [-0.3, -0.25) is 0 Å². The van der Waals surface area contributed by atoms with Crippen molar-refractivity contribution < 1.29 is 4.74 Å². The number of aromatic nitrogens is 1. The van der Waals surface area contributed by atoms with Gasteiger partial charge in [-0.15, -0.1) is 0 Å². The lowest BCUT2D eigenvalue weighted by atomic mass is 10.2. The average molecular weight is 181 g/mol. The third-order valence-corrected chi connectivity index (χ3v) is 1.39. The predicted octanol–water partition coefficient (Wildman–Crippen LogP) is 1.42. The van der Waals surface area contributed by atoms with Crippen molar-refractivity contribution >= 4 is 11.4 Å². The molecule has 0 radical (unpaired) electrons. The second-order valence-electron chi connectivity index (χ2n) is 3.83. The topological polar surface area (TPSA) is 74.2 Å². The molecule has 0 spiro atoms. The molecule has 0 aliphatic heterocycles. The number of rotatable bonds is 1. The molecular formula is C9H15N3O. The molecule has 13 heavy (non-hydrogen) atoms. The Balaban J connectivity index is 2.96. The van der Waals surface area contributed by atoms with Crippen LogP contribution in [0.4, 0.5) is 11.4 Å². The SMILES string of the molecule is CC(C)(C)Oc1nccc(N)c1N. The van der Waals surface area contributed by atoms with Crippen LogP contribution in [0.25, 0.3) is 0 Å². The number of nitrogen functional groups attached to an aromatic ring is 2. The van der Waals surface area contributed by atoms with Gasteiger partial charge in [0.05, 0.1) is 5.69 Å². The highest BCUT2D eigenvalue weighted by Gasteiger charge is 2.15. The molecule has 0 unspecified atom stereocenters. The zero-order chi connectivity index (χ0) is 10.1. The Morgan fingerprint density at radius 1 is 1.31 bits per heavy atom. The first-order chi connectivity index (χ1) is 5.90. The molecule has 0 aromatic carbocycles. The van der Waals surface area contributed by atoms with E-state index in [4.69, 9.17) is 16.2 Å². The van der Waals surface area contributed by atoms with Gasteiger partial charge in [-0.25, -0.2) is 4.98 Å². The minimum atomic E-state index is -0.311. The first kappa shape index (κ1) is 9.64. The summed E-state index contributed by atoms with van der Waals surface area (Å²) in [5, 5.41) is 0. The Bertz CT molecular complexity index is 304. The summed E-state index contributed by atoms with van der Waals surface area (Å²) in [7, 11) is 0. The molecule has 0 saturated carbocycles. The Labute approximate surface area is 77.9 Å². The minimum Gasteiger partial charge on any atom is -0.470 e. The van der Waals surface area contributed by atoms with Crippen LogP contribution in [-0.4, -0.2) is 10.6 Å². The van der Waals surface area contributed by atoms with E-state index in [2.05, 4.69) is 4.98 Å². The molecule has 4 N–H and O–H groups in total. The van der Waals surface area contributed by atoms with Gasteiger partial charge in [-0.2, -0.15) is 0 Å². The summed E-state index contributed by atoms with van der Waals surface area (Å²) in [5.74, 6) is 0.396. The van der Waals surface area contributed by atoms with Crippen molar-refractivity contribution in [2.45, 2.75) is 26.4 Å². The van der Waals surface area contributed by atoms with Crippen LogP contribution in [0.5, 0.6) is 5.88 Å². The molecule has 4 heteroatoms. The number of anilines is 2. The molecule has 0 atom stereocenters. The van der Waals surface area contributed by atoms with E-state index in [0.29, 0.717) is 17.3 Å². The van der Waals surface area contributed by atoms with Crippen molar-refractivity contribution in [3.63, 3.8) is 0 Å². The van der Waals surface area contributed by atoms with Crippen molar-refractivity contribution in [2.75, 3.05) is 11.5 Å².